The predicted octanol–water partition coefficient (Wildman–Crippen LogP) is 3.33. The normalized spacial score (nSPS) is 11.0. The molecule has 0 spiro atoms. The fourth-order valence-corrected chi connectivity index (χ4v) is 1.63. The van der Waals surface area contributed by atoms with Gasteiger partial charge in [-0.25, -0.2) is 0 Å². The van der Waals surface area contributed by atoms with E-state index in [-0.39, 0.29) is 0 Å². The second-order valence-electron chi connectivity index (χ2n) is 2.85. The summed E-state index contributed by atoms with van der Waals surface area (Å²) in [5.41, 5.74) is 1.27. The molecule has 0 saturated heterocycles. The predicted molar refractivity (Wildman–Crippen MR) is 65.7 cm³/mol. The number of rotatable bonds is 5. The van der Waals surface area contributed by atoms with Gasteiger partial charge in [0.05, 0.1) is 0 Å². The summed E-state index contributed by atoms with van der Waals surface area (Å²) in [6.45, 7) is 1.72. The van der Waals surface area contributed by atoms with Crippen LogP contribution in [0.25, 0.3) is 0 Å². The molecule has 0 saturated carbocycles. The Labute approximate surface area is 98.3 Å². The van der Waals surface area contributed by atoms with Gasteiger partial charge in [0.2, 0.25) is 0 Å². The molecule has 0 aliphatic carbocycles. The van der Waals surface area contributed by atoms with E-state index in [1.165, 1.54) is 5.56 Å². The molecule has 14 heavy (non-hydrogen) atoms. The van der Waals surface area contributed by atoms with Crippen molar-refractivity contribution in [2.45, 2.75) is 6.54 Å². The standard InChI is InChI=1S/C11H13BrClN/c12-11-6-2-1-5-10(11)9-14-8-4-3-7-13/h1-6,14H,7-9H2/b4-3+. The minimum atomic E-state index is 0.580. The van der Waals surface area contributed by atoms with E-state index in [4.69, 9.17) is 11.6 Å². The first-order valence-electron chi connectivity index (χ1n) is 4.49. The first-order chi connectivity index (χ1) is 6.84. The Balaban J connectivity index is 2.31. The quantitative estimate of drug-likeness (QED) is 0.493. The second-order valence-corrected chi connectivity index (χ2v) is 4.01. The molecule has 1 nitrogen and oxygen atoms in total. The van der Waals surface area contributed by atoms with E-state index < -0.39 is 0 Å². The van der Waals surface area contributed by atoms with Gasteiger partial charge < -0.3 is 5.32 Å². The lowest BCUT2D eigenvalue weighted by atomic mass is 10.2. The fraction of sp³-hybridized carbons (Fsp3) is 0.273. The van der Waals surface area contributed by atoms with E-state index >= 15 is 0 Å². The van der Waals surface area contributed by atoms with Crippen LogP contribution in [0.1, 0.15) is 5.56 Å². The maximum absolute atomic E-state index is 5.50. The maximum atomic E-state index is 5.50. The highest BCUT2D eigenvalue weighted by molar-refractivity contribution is 9.10. The lowest BCUT2D eigenvalue weighted by Gasteiger charge is -2.03. The number of benzene rings is 1. The van der Waals surface area contributed by atoms with Crippen LogP contribution < -0.4 is 5.32 Å². The third-order valence-corrected chi connectivity index (χ3v) is 2.74. The van der Waals surface area contributed by atoms with Gasteiger partial charge in [0.25, 0.3) is 0 Å². The van der Waals surface area contributed by atoms with Crippen LogP contribution in [0, 0.1) is 0 Å². The fourth-order valence-electron chi connectivity index (χ4n) is 1.08. The van der Waals surface area contributed by atoms with Gasteiger partial charge in [-0.05, 0) is 11.6 Å². The molecule has 0 fully saturated rings. The van der Waals surface area contributed by atoms with E-state index in [9.17, 15) is 0 Å². The minimum absolute atomic E-state index is 0.580. The third-order valence-electron chi connectivity index (χ3n) is 1.79. The Bertz CT molecular complexity index is 299. The van der Waals surface area contributed by atoms with Crippen LogP contribution in [0.5, 0.6) is 0 Å². The summed E-state index contributed by atoms with van der Waals surface area (Å²) in [5, 5.41) is 3.30. The van der Waals surface area contributed by atoms with Gasteiger partial charge in [0, 0.05) is 23.4 Å². The van der Waals surface area contributed by atoms with Crippen molar-refractivity contribution in [1.82, 2.24) is 5.32 Å². The first kappa shape index (κ1) is 11.8. The van der Waals surface area contributed by atoms with Crippen molar-refractivity contribution in [3.63, 3.8) is 0 Å². The first-order valence-corrected chi connectivity index (χ1v) is 5.82. The Hall–Kier alpha value is -0.310. The average molecular weight is 275 g/mol. The van der Waals surface area contributed by atoms with E-state index in [2.05, 4.69) is 27.3 Å². The molecule has 1 aromatic carbocycles. The SMILES string of the molecule is ClC/C=C/CNCc1ccccc1Br. The average Bonchev–Trinajstić information content (AvgIpc) is 2.20. The summed E-state index contributed by atoms with van der Waals surface area (Å²) >= 11 is 9.00. The second kappa shape index (κ2) is 7.04. The van der Waals surface area contributed by atoms with E-state index in [0.717, 1.165) is 17.6 Å². The van der Waals surface area contributed by atoms with Gasteiger partial charge in [-0.2, -0.15) is 0 Å². The molecule has 0 heterocycles. The number of nitrogens with one attached hydrogen (secondary N) is 1. The Morgan fingerprint density at radius 2 is 2.07 bits per heavy atom. The number of hydrogen-bond acceptors (Lipinski definition) is 1. The summed E-state index contributed by atoms with van der Waals surface area (Å²) in [4.78, 5) is 0. The minimum Gasteiger partial charge on any atom is -0.309 e. The van der Waals surface area contributed by atoms with Crippen molar-refractivity contribution in [3.8, 4) is 0 Å². The molecular formula is C11H13BrClN. The molecule has 0 aliphatic rings. The summed E-state index contributed by atoms with van der Waals surface area (Å²) in [6.07, 6.45) is 3.97. The van der Waals surface area contributed by atoms with Crippen LogP contribution in [-0.4, -0.2) is 12.4 Å². The summed E-state index contributed by atoms with van der Waals surface area (Å²) in [6, 6.07) is 8.20. The Morgan fingerprint density at radius 3 is 2.79 bits per heavy atom. The molecule has 1 rings (SSSR count). The van der Waals surface area contributed by atoms with Crippen molar-refractivity contribution >= 4 is 27.5 Å². The molecule has 3 heteroatoms. The van der Waals surface area contributed by atoms with Crippen molar-refractivity contribution in [1.29, 1.82) is 0 Å². The summed E-state index contributed by atoms with van der Waals surface area (Å²) < 4.78 is 1.15. The van der Waals surface area contributed by atoms with Crippen LogP contribution in [0.15, 0.2) is 40.9 Å². The van der Waals surface area contributed by atoms with Crippen LogP contribution in [-0.2, 0) is 6.54 Å². The molecule has 0 aliphatic heterocycles. The van der Waals surface area contributed by atoms with E-state index in [1.807, 2.05) is 30.4 Å². The smallest absolute Gasteiger partial charge is 0.0404 e. The van der Waals surface area contributed by atoms with Crippen molar-refractivity contribution in [2.24, 2.45) is 0 Å². The van der Waals surface area contributed by atoms with Crippen LogP contribution in [0.2, 0.25) is 0 Å². The molecule has 76 valence electrons. The molecule has 0 radical (unpaired) electrons. The molecule has 0 bridgehead atoms. The van der Waals surface area contributed by atoms with Crippen LogP contribution in [0.4, 0.5) is 0 Å². The highest BCUT2D eigenvalue weighted by Gasteiger charge is 1.95. The Kier molecular flexibility index (Phi) is 5.92. The van der Waals surface area contributed by atoms with Crippen LogP contribution in [0.3, 0.4) is 0 Å². The van der Waals surface area contributed by atoms with Crippen molar-refractivity contribution in [2.75, 3.05) is 12.4 Å². The zero-order valence-electron chi connectivity index (χ0n) is 7.84. The monoisotopic (exact) mass is 273 g/mol. The largest absolute Gasteiger partial charge is 0.309 e. The lowest BCUT2D eigenvalue weighted by Crippen LogP contribution is -2.13. The molecule has 0 amide bonds. The van der Waals surface area contributed by atoms with Gasteiger partial charge in [-0.1, -0.05) is 46.3 Å². The number of hydrogen-bond donors (Lipinski definition) is 1. The number of allylic oxidation sites excluding steroid dienone is 1. The summed E-state index contributed by atoms with van der Waals surface area (Å²) in [5.74, 6) is 0.580. The zero-order chi connectivity index (χ0) is 10.2. The molecule has 1 N–H and O–H groups in total. The van der Waals surface area contributed by atoms with Crippen molar-refractivity contribution in [3.05, 3.63) is 46.5 Å². The molecule has 1 aromatic rings. The topological polar surface area (TPSA) is 12.0 Å². The molecule has 0 atom stereocenters. The maximum Gasteiger partial charge on any atom is 0.0404 e. The van der Waals surface area contributed by atoms with Gasteiger partial charge in [0.15, 0.2) is 0 Å². The van der Waals surface area contributed by atoms with Gasteiger partial charge >= 0.3 is 0 Å². The molecule has 0 aromatic heterocycles. The molecular weight excluding hydrogens is 261 g/mol. The number of alkyl halides is 1. The van der Waals surface area contributed by atoms with Crippen molar-refractivity contribution < 1.29 is 0 Å². The third kappa shape index (κ3) is 4.27. The van der Waals surface area contributed by atoms with Gasteiger partial charge in [0.1, 0.15) is 0 Å². The highest BCUT2D eigenvalue weighted by Crippen LogP contribution is 2.14. The van der Waals surface area contributed by atoms with Gasteiger partial charge in [-0.15, -0.1) is 11.6 Å². The summed E-state index contributed by atoms with van der Waals surface area (Å²) in [7, 11) is 0. The van der Waals surface area contributed by atoms with Crippen LogP contribution >= 0.6 is 27.5 Å². The molecule has 0 unspecified atom stereocenters. The van der Waals surface area contributed by atoms with E-state index in [1.54, 1.807) is 0 Å². The highest BCUT2D eigenvalue weighted by atomic mass is 79.9. The Morgan fingerprint density at radius 1 is 1.29 bits per heavy atom. The number of halogens is 2. The van der Waals surface area contributed by atoms with E-state index in [0.29, 0.717) is 5.88 Å². The zero-order valence-corrected chi connectivity index (χ0v) is 10.2. The van der Waals surface area contributed by atoms with Gasteiger partial charge in [-0.3, -0.25) is 0 Å². The lowest BCUT2D eigenvalue weighted by molar-refractivity contribution is 0.757.